The highest BCUT2D eigenvalue weighted by molar-refractivity contribution is 6.39. The predicted octanol–water partition coefficient (Wildman–Crippen LogP) is 7.17. The number of pyridine rings is 2. The summed E-state index contributed by atoms with van der Waals surface area (Å²) in [5.41, 5.74) is 4.54. The Morgan fingerprint density at radius 1 is 1.02 bits per heavy atom. The van der Waals surface area contributed by atoms with Crippen LogP contribution >= 0.6 is 23.2 Å². The third-order valence-electron chi connectivity index (χ3n) is 9.47. The Bertz CT molecular complexity index is 2420. The number of aromatic nitrogens is 3. The van der Waals surface area contributed by atoms with Gasteiger partial charge in [0.05, 0.1) is 29.4 Å². The van der Waals surface area contributed by atoms with Crippen molar-refractivity contribution in [3.8, 4) is 39.4 Å². The number of alkyl carbamates (subject to hydrolysis) is 1. The summed E-state index contributed by atoms with van der Waals surface area (Å²) in [7, 11) is 1.47. The van der Waals surface area contributed by atoms with Gasteiger partial charge in [0.1, 0.15) is 11.2 Å². The van der Waals surface area contributed by atoms with Crippen LogP contribution in [0, 0.1) is 0 Å². The van der Waals surface area contributed by atoms with E-state index in [9.17, 15) is 24.3 Å². The van der Waals surface area contributed by atoms with Gasteiger partial charge in [-0.2, -0.15) is 0 Å². The summed E-state index contributed by atoms with van der Waals surface area (Å²) in [4.78, 5) is 59.7. The molecule has 1 unspecified atom stereocenters. The Labute approximate surface area is 345 Å². The van der Waals surface area contributed by atoms with E-state index in [2.05, 4.69) is 20.9 Å². The molecule has 0 aliphatic carbocycles. The number of halogens is 2. The fourth-order valence-corrected chi connectivity index (χ4v) is 7.36. The van der Waals surface area contributed by atoms with E-state index in [1.165, 1.54) is 16.4 Å². The summed E-state index contributed by atoms with van der Waals surface area (Å²) < 4.78 is 12.4. The highest BCUT2D eigenvalue weighted by atomic mass is 35.5. The first kappa shape index (κ1) is 41.9. The fourth-order valence-electron chi connectivity index (χ4n) is 6.70. The summed E-state index contributed by atoms with van der Waals surface area (Å²) in [6.07, 6.45) is 2.52. The molecule has 3 aromatic heterocycles. The van der Waals surface area contributed by atoms with Crippen molar-refractivity contribution >= 4 is 46.9 Å². The number of carbonyl (C=O) groups is 3. The lowest BCUT2D eigenvalue weighted by molar-refractivity contribution is -0.119. The minimum atomic E-state index is -1.12. The first-order chi connectivity index (χ1) is 27.6. The van der Waals surface area contributed by atoms with Crippen LogP contribution in [-0.2, 0) is 22.6 Å². The number of hydrogen-bond donors (Lipinski definition) is 4. The minimum absolute atomic E-state index is 0.0155. The molecule has 0 spiro atoms. The van der Waals surface area contributed by atoms with Gasteiger partial charge in [0.2, 0.25) is 11.8 Å². The average Bonchev–Trinajstić information content (AvgIpc) is 3.59. The molecule has 0 saturated carbocycles. The first-order valence-corrected chi connectivity index (χ1v) is 19.5. The maximum absolute atomic E-state index is 13.4. The van der Waals surface area contributed by atoms with Crippen LogP contribution in [0.3, 0.4) is 0 Å². The van der Waals surface area contributed by atoms with Crippen molar-refractivity contribution in [2.24, 2.45) is 0 Å². The summed E-state index contributed by atoms with van der Waals surface area (Å²) >= 11 is 14.2. The van der Waals surface area contributed by atoms with E-state index in [4.69, 9.17) is 37.7 Å². The molecule has 1 fully saturated rings. The molecule has 2 aromatic carbocycles. The van der Waals surface area contributed by atoms with E-state index in [0.717, 1.165) is 5.56 Å². The van der Waals surface area contributed by atoms with Crippen molar-refractivity contribution in [2.45, 2.75) is 71.3 Å². The Hall–Kier alpha value is -5.70. The van der Waals surface area contributed by atoms with Crippen molar-refractivity contribution in [3.05, 3.63) is 105 Å². The third kappa shape index (κ3) is 9.87. The molecule has 1 aliphatic heterocycles. The molecule has 0 bridgehead atoms. The predicted molar refractivity (Wildman–Crippen MR) is 222 cm³/mol. The molecular formula is C42H45Cl2N7O7. The number of nitrogens with zero attached hydrogens (tertiary/aromatic N) is 4. The highest BCUT2D eigenvalue weighted by Gasteiger charge is 2.27. The van der Waals surface area contributed by atoms with E-state index in [-0.39, 0.29) is 49.1 Å². The minimum Gasteiger partial charge on any atom is -0.481 e. The van der Waals surface area contributed by atoms with Gasteiger partial charge >= 0.3 is 12.2 Å². The summed E-state index contributed by atoms with van der Waals surface area (Å²) in [6, 6.07) is 17.8. The number of rotatable bonds is 13. The van der Waals surface area contributed by atoms with Crippen LogP contribution in [0.2, 0.25) is 10.0 Å². The second kappa shape index (κ2) is 17.8. The molecule has 6 rings (SSSR count). The Balaban J connectivity index is 1.20. The van der Waals surface area contributed by atoms with Crippen LogP contribution < -0.4 is 26.2 Å². The topological polar surface area (TPSA) is 176 Å². The first-order valence-electron chi connectivity index (χ1n) is 18.7. The van der Waals surface area contributed by atoms with Crippen LogP contribution in [0.1, 0.15) is 51.7 Å². The van der Waals surface area contributed by atoms with Crippen LogP contribution in [-0.4, -0.2) is 80.4 Å². The Morgan fingerprint density at radius 2 is 1.71 bits per heavy atom. The van der Waals surface area contributed by atoms with Gasteiger partial charge in [0, 0.05) is 83.9 Å². The van der Waals surface area contributed by atoms with E-state index in [0.29, 0.717) is 74.2 Å². The van der Waals surface area contributed by atoms with Gasteiger partial charge in [-0.1, -0.05) is 59.6 Å². The quantitative estimate of drug-likeness (QED) is 0.0952. The van der Waals surface area contributed by atoms with E-state index in [1.807, 2.05) is 43.3 Å². The van der Waals surface area contributed by atoms with Gasteiger partial charge in [-0.25, -0.2) is 19.6 Å². The van der Waals surface area contributed by atoms with Gasteiger partial charge in [-0.3, -0.25) is 14.0 Å². The van der Waals surface area contributed by atoms with E-state index < -0.39 is 17.8 Å². The number of carbonyl (C=O) groups excluding carboxylic acids is 2. The molecule has 4 heterocycles. The van der Waals surface area contributed by atoms with Crippen molar-refractivity contribution in [2.75, 3.05) is 20.2 Å². The normalized spacial score (nSPS) is 14.5. The van der Waals surface area contributed by atoms with E-state index >= 15 is 0 Å². The van der Waals surface area contributed by atoms with Crippen LogP contribution in [0.15, 0.2) is 77.9 Å². The number of benzene rings is 2. The maximum Gasteiger partial charge on any atom is 0.407 e. The number of hydrogen-bond acceptors (Lipinski definition) is 9. The smallest absolute Gasteiger partial charge is 0.407 e. The molecule has 16 heteroatoms. The molecule has 2 atom stereocenters. The van der Waals surface area contributed by atoms with Crippen molar-refractivity contribution in [1.29, 1.82) is 0 Å². The SMILES string of the molecule is COc1nc(-c2cccc(-c3cccc(-c4ccn5c(=O)c(CNCC(C)NC(=O)OC(C)(C)C)cnc5c4)c3Cl)c2Cl)ccc1CN(C[C@@H]1CCC(=O)N1)C(=O)O. The standard InChI is InChI=1S/C42H45Cl2N7O7/c1-24(47-40(54)58-42(2,3)4)19-45-20-27-21-46-34-18-25(16-17-51(34)39(27)53)29-8-6-9-30(36(29)43)31-10-7-11-32(37(31)44)33-14-12-26(38(49-33)57-5)22-50(41(55)56)23-28-13-15-35(52)48-28/h6-12,14,16-18,21,24,28,45H,13,15,19-20,22-23H2,1-5H3,(H,47,54)(H,48,52)(H,55,56)/t24?,28-/m0/s1. The lowest BCUT2D eigenvalue weighted by Crippen LogP contribution is -2.42. The second-order valence-corrected chi connectivity index (χ2v) is 15.8. The monoisotopic (exact) mass is 829 g/mol. The number of nitrogens with one attached hydrogen (secondary N) is 3. The zero-order chi connectivity index (χ0) is 41.7. The molecule has 58 heavy (non-hydrogen) atoms. The summed E-state index contributed by atoms with van der Waals surface area (Å²) in [5.74, 6) is 0.157. The molecule has 5 aromatic rings. The number of carboxylic acid groups (broad SMARTS) is 1. The maximum atomic E-state index is 13.4. The molecule has 3 amide bonds. The van der Waals surface area contributed by atoms with Gasteiger partial charge in [-0.15, -0.1) is 0 Å². The summed E-state index contributed by atoms with van der Waals surface area (Å²) in [5, 5.41) is 19.5. The number of methoxy groups -OCH3 is 1. The third-order valence-corrected chi connectivity index (χ3v) is 10.3. The summed E-state index contributed by atoms with van der Waals surface area (Å²) in [6.45, 7) is 8.05. The Kier molecular flexibility index (Phi) is 12.9. The molecule has 4 N–H and O–H groups in total. The van der Waals surface area contributed by atoms with Crippen LogP contribution in [0.25, 0.3) is 39.2 Å². The molecule has 0 radical (unpaired) electrons. The zero-order valence-electron chi connectivity index (χ0n) is 32.8. The fraction of sp³-hybridized carbons (Fsp3) is 0.333. The number of fused-ring (bicyclic) bond motifs is 1. The molecule has 14 nitrogen and oxygen atoms in total. The van der Waals surface area contributed by atoms with Crippen molar-refractivity contribution in [3.63, 3.8) is 0 Å². The van der Waals surface area contributed by atoms with Gasteiger partial charge in [0.15, 0.2) is 0 Å². The number of amides is 3. The number of ether oxygens (including phenoxy) is 2. The van der Waals surface area contributed by atoms with Crippen molar-refractivity contribution in [1.82, 2.24) is 35.2 Å². The molecule has 1 aliphatic rings. The van der Waals surface area contributed by atoms with Crippen LogP contribution in [0.4, 0.5) is 9.59 Å². The van der Waals surface area contributed by atoms with E-state index in [1.54, 1.807) is 57.4 Å². The van der Waals surface area contributed by atoms with Gasteiger partial charge < -0.3 is 35.4 Å². The average molecular weight is 831 g/mol. The lowest BCUT2D eigenvalue weighted by atomic mass is 9.97. The van der Waals surface area contributed by atoms with Crippen molar-refractivity contribution < 1.29 is 29.0 Å². The Morgan fingerprint density at radius 3 is 2.36 bits per heavy atom. The molecular weight excluding hydrogens is 785 g/mol. The molecule has 1 saturated heterocycles. The molecule has 304 valence electrons. The lowest BCUT2D eigenvalue weighted by Gasteiger charge is -2.23. The van der Waals surface area contributed by atoms with Crippen LogP contribution in [0.5, 0.6) is 5.88 Å². The van der Waals surface area contributed by atoms with Gasteiger partial charge in [0.25, 0.3) is 5.56 Å². The zero-order valence-corrected chi connectivity index (χ0v) is 34.3. The second-order valence-electron chi connectivity index (χ2n) is 15.1. The largest absolute Gasteiger partial charge is 0.481 e. The van der Waals surface area contributed by atoms with Gasteiger partial charge in [-0.05, 0) is 63.9 Å². The highest BCUT2D eigenvalue weighted by Crippen LogP contribution is 2.42.